The van der Waals surface area contributed by atoms with Crippen molar-refractivity contribution < 1.29 is 13.9 Å². The predicted octanol–water partition coefficient (Wildman–Crippen LogP) is 3.42. The number of anilines is 1. The first-order chi connectivity index (χ1) is 13.5. The van der Waals surface area contributed by atoms with Crippen LogP contribution in [0.3, 0.4) is 0 Å². The Hall–Kier alpha value is -2.06. The summed E-state index contributed by atoms with van der Waals surface area (Å²) in [5.41, 5.74) is 0.969. The van der Waals surface area contributed by atoms with Gasteiger partial charge in [-0.3, -0.25) is 4.79 Å². The van der Waals surface area contributed by atoms with E-state index in [4.69, 9.17) is 4.74 Å². The molecular formula is C20H29FN4O2S. The first kappa shape index (κ1) is 22.2. The van der Waals surface area contributed by atoms with E-state index in [1.165, 1.54) is 23.7 Å². The van der Waals surface area contributed by atoms with Crippen molar-refractivity contribution in [2.45, 2.75) is 45.6 Å². The summed E-state index contributed by atoms with van der Waals surface area (Å²) in [7, 11) is 1.65. The van der Waals surface area contributed by atoms with E-state index >= 15 is 0 Å². The lowest BCUT2D eigenvalue weighted by Gasteiger charge is -2.27. The summed E-state index contributed by atoms with van der Waals surface area (Å²) in [6, 6.07) is 6.64. The van der Waals surface area contributed by atoms with Crippen LogP contribution in [-0.4, -0.2) is 48.1 Å². The molecule has 2 aromatic rings. The van der Waals surface area contributed by atoms with E-state index in [9.17, 15) is 9.18 Å². The highest BCUT2D eigenvalue weighted by Gasteiger charge is 2.19. The Bertz CT molecular complexity index is 723. The molecule has 1 heterocycles. The molecule has 6 nitrogen and oxygen atoms in total. The van der Waals surface area contributed by atoms with E-state index in [0.29, 0.717) is 38.4 Å². The highest BCUT2D eigenvalue weighted by atomic mass is 32.1. The van der Waals surface area contributed by atoms with Crippen LogP contribution in [0.1, 0.15) is 44.5 Å². The first-order valence-electron chi connectivity index (χ1n) is 9.62. The van der Waals surface area contributed by atoms with Gasteiger partial charge >= 0.3 is 0 Å². The lowest BCUT2D eigenvalue weighted by atomic mass is 10.1. The van der Waals surface area contributed by atoms with E-state index in [2.05, 4.69) is 33.4 Å². The number of amides is 1. The number of ether oxygens (including phenoxy) is 1. The van der Waals surface area contributed by atoms with E-state index in [-0.39, 0.29) is 17.8 Å². The van der Waals surface area contributed by atoms with Crippen molar-refractivity contribution in [1.29, 1.82) is 0 Å². The first-order valence-corrected chi connectivity index (χ1v) is 10.4. The molecule has 28 heavy (non-hydrogen) atoms. The smallest absolute Gasteiger partial charge is 0.221 e. The lowest BCUT2D eigenvalue weighted by Crippen LogP contribution is -2.36. The molecule has 1 amide bonds. The van der Waals surface area contributed by atoms with E-state index in [1.54, 1.807) is 19.2 Å². The van der Waals surface area contributed by atoms with Crippen LogP contribution in [0.2, 0.25) is 0 Å². The average molecular weight is 409 g/mol. The minimum absolute atomic E-state index is 0.0282. The summed E-state index contributed by atoms with van der Waals surface area (Å²) < 4.78 is 22.5. The van der Waals surface area contributed by atoms with Gasteiger partial charge in [-0.05, 0) is 37.5 Å². The molecule has 0 bridgehead atoms. The van der Waals surface area contributed by atoms with Gasteiger partial charge in [-0.25, -0.2) is 9.37 Å². The normalized spacial score (nSPS) is 12.0. The Balaban J connectivity index is 1.94. The number of halogens is 1. The fourth-order valence-corrected chi connectivity index (χ4v) is 3.51. The molecule has 1 unspecified atom stereocenters. The van der Waals surface area contributed by atoms with Crippen LogP contribution in [0, 0.1) is 5.82 Å². The summed E-state index contributed by atoms with van der Waals surface area (Å²) in [5.74, 6) is 0.489. The predicted molar refractivity (Wildman–Crippen MR) is 110 cm³/mol. The number of methoxy groups -OCH3 is 1. The number of carbonyl (C=O) groups is 1. The summed E-state index contributed by atoms with van der Waals surface area (Å²) >= 11 is 1.34. The molecule has 0 aliphatic carbocycles. The SMILES string of the molecule is CCC(C)N(CCC(=O)NCCCOC)c1nc(Cc2ccc(F)cc2)ns1. The average Bonchev–Trinajstić information content (AvgIpc) is 3.15. The molecule has 0 spiro atoms. The number of nitrogens with zero attached hydrogens (tertiary/aromatic N) is 3. The maximum absolute atomic E-state index is 13.1. The van der Waals surface area contributed by atoms with Crippen LogP contribution in [0.15, 0.2) is 24.3 Å². The zero-order valence-corrected chi connectivity index (χ0v) is 17.6. The Morgan fingerprint density at radius 2 is 2.11 bits per heavy atom. The van der Waals surface area contributed by atoms with Crippen molar-refractivity contribution in [1.82, 2.24) is 14.7 Å². The van der Waals surface area contributed by atoms with E-state index < -0.39 is 0 Å². The molecule has 1 atom stereocenters. The second-order valence-corrected chi connectivity index (χ2v) is 7.42. The number of benzene rings is 1. The highest BCUT2D eigenvalue weighted by molar-refractivity contribution is 7.09. The highest BCUT2D eigenvalue weighted by Crippen LogP contribution is 2.22. The van der Waals surface area contributed by atoms with Gasteiger partial charge < -0.3 is 15.0 Å². The molecule has 0 saturated heterocycles. The number of nitrogens with one attached hydrogen (secondary N) is 1. The van der Waals surface area contributed by atoms with Gasteiger partial charge in [0.05, 0.1) is 0 Å². The van der Waals surface area contributed by atoms with Gasteiger partial charge in [-0.2, -0.15) is 4.37 Å². The van der Waals surface area contributed by atoms with Crippen molar-refractivity contribution in [3.63, 3.8) is 0 Å². The fraction of sp³-hybridized carbons (Fsp3) is 0.550. The molecule has 0 aliphatic heterocycles. The summed E-state index contributed by atoms with van der Waals surface area (Å²) in [6.45, 7) is 6.09. The quantitative estimate of drug-likeness (QED) is 0.545. The third-order valence-electron chi connectivity index (χ3n) is 4.53. The van der Waals surface area contributed by atoms with Crippen LogP contribution in [0.4, 0.5) is 9.52 Å². The van der Waals surface area contributed by atoms with Crippen LogP contribution in [-0.2, 0) is 16.0 Å². The molecule has 1 aromatic heterocycles. The lowest BCUT2D eigenvalue weighted by molar-refractivity contribution is -0.120. The summed E-state index contributed by atoms with van der Waals surface area (Å²) in [6.07, 6.45) is 2.72. The minimum Gasteiger partial charge on any atom is -0.385 e. The van der Waals surface area contributed by atoms with Gasteiger partial charge in [-0.1, -0.05) is 19.1 Å². The molecule has 154 valence electrons. The van der Waals surface area contributed by atoms with E-state index in [1.807, 2.05) is 0 Å². The maximum atomic E-state index is 13.1. The Morgan fingerprint density at radius 1 is 1.36 bits per heavy atom. The molecule has 8 heteroatoms. The molecule has 1 N–H and O–H groups in total. The third-order valence-corrected chi connectivity index (χ3v) is 5.32. The van der Waals surface area contributed by atoms with Crippen molar-refractivity contribution in [2.24, 2.45) is 0 Å². The fourth-order valence-electron chi connectivity index (χ4n) is 2.70. The Morgan fingerprint density at radius 3 is 2.79 bits per heavy atom. The zero-order chi connectivity index (χ0) is 20.4. The summed E-state index contributed by atoms with van der Waals surface area (Å²) in [4.78, 5) is 18.9. The van der Waals surface area contributed by atoms with Crippen LogP contribution >= 0.6 is 11.5 Å². The summed E-state index contributed by atoms with van der Waals surface area (Å²) in [5, 5.41) is 3.73. The van der Waals surface area contributed by atoms with Crippen molar-refractivity contribution in [2.75, 3.05) is 31.7 Å². The van der Waals surface area contributed by atoms with Crippen LogP contribution < -0.4 is 10.2 Å². The zero-order valence-electron chi connectivity index (χ0n) is 16.8. The standard InChI is InChI=1S/C20H29FN4O2S/c1-4-15(2)25(12-10-19(26)22-11-5-13-27-3)20-23-18(24-28-20)14-16-6-8-17(21)9-7-16/h6-9,15H,4-5,10-14H2,1-3H3,(H,22,26). The molecule has 2 rings (SSSR count). The van der Waals surface area contributed by atoms with Crippen molar-refractivity contribution >= 4 is 22.6 Å². The number of hydrogen-bond donors (Lipinski definition) is 1. The Labute approximate surface area is 170 Å². The number of hydrogen-bond acceptors (Lipinski definition) is 6. The van der Waals surface area contributed by atoms with Gasteiger partial charge in [0, 0.05) is 57.2 Å². The minimum atomic E-state index is -0.251. The molecule has 0 aliphatic rings. The number of aromatic nitrogens is 2. The Kier molecular flexibility index (Phi) is 9.30. The molecule has 0 radical (unpaired) electrons. The second-order valence-electron chi connectivity index (χ2n) is 6.69. The monoisotopic (exact) mass is 408 g/mol. The maximum Gasteiger partial charge on any atom is 0.221 e. The van der Waals surface area contributed by atoms with Gasteiger partial charge in [0.25, 0.3) is 0 Å². The van der Waals surface area contributed by atoms with Gasteiger partial charge in [0.2, 0.25) is 11.0 Å². The molecule has 0 saturated carbocycles. The topological polar surface area (TPSA) is 67.4 Å². The second kappa shape index (κ2) is 11.7. The molecule has 0 fully saturated rings. The van der Waals surface area contributed by atoms with Crippen molar-refractivity contribution in [3.8, 4) is 0 Å². The number of carbonyl (C=O) groups excluding carboxylic acids is 1. The van der Waals surface area contributed by atoms with Gasteiger partial charge in [-0.15, -0.1) is 0 Å². The van der Waals surface area contributed by atoms with Crippen molar-refractivity contribution in [3.05, 3.63) is 41.5 Å². The van der Waals surface area contributed by atoms with Gasteiger partial charge in [0.15, 0.2) is 0 Å². The van der Waals surface area contributed by atoms with Gasteiger partial charge in [0.1, 0.15) is 11.6 Å². The largest absolute Gasteiger partial charge is 0.385 e. The van der Waals surface area contributed by atoms with E-state index in [0.717, 1.165) is 23.5 Å². The number of rotatable bonds is 12. The molecular weight excluding hydrogens is 379 g/mol. The third kappa shape index (κ3) is 7.16. The molecule has 1 aromatic carbocycles. The van der Waals surface area contributed by atoms with Crippen LogP contribution in [0.5, 0.6) is 0 Å². The van der Waals surface area contributed by atoms with Crippen LogP contribution in [0.25, 0.3) is 0 Å².